The highest BCUT2D eigenvalue weighted by molar-refractivity contribution is 5.94. The summed E-state index contributed by atoms with van der Waals surface area (Å²) in [6, 6.07) is 4.32. The molecule has 1 fully saturated rings. The number of nitrogen functional groups attached to an aromatic ring is 1. The molecule has 0 saturated carbocycles. The van der Waals surface area contributed by atoms with E-state index in [0.717, 1.165) is 25.1 Å². The molecular weight excluding hydrogens is 394 g/mol. The zero-order valence-corrected chi connectivity index (χ0v) is 17.6. The van der Waals surface area contributed by atoms with Gasteiger partial charge in [-0.1, -0.05) is 0 Å². The standard InChI is InChI=1S/C22H25N7O2/c1-13-5-14(6-15-9-27(2)4-3-18(13)15)19-8-24-20(23)21(26-19)29-10-16(7-25-29)22(31)28-11-17(30)12-28/h5-8,10,17,30H,3-4,9,11-12H2,1-2H3,(H2,23,24). The summed E-state index contributed by atoms with van der Waals surface area (Å²) in [5.74, 6) is 0.445. The lowest BCUT2D eigenvalue weighted by atomic mass is 9.92. The Bertz CT molecular complexity index is 1170. The van der Waals surface area contributed by atoms with Gasteiger partial charge in [0.15, 0.2) is 11.6 Å². The number of likely N-dealkylation sites (tertiary alicyclic amines) is 1. The Balaban J connectivity index is 1.47. The number of fused-ring (bicyclic) bond motifs is 1. The molecule has 0 atom stereocenters. The number of hydrogen-bond donors (Lipinski definition) is 2. The van der Waals surface area contributed by atoms with Gasteiger partial charge in [-0.3, -0.25) is 4.79 Å². The maximum Gasteiger partial charge on any atom is 0.257 e. The van der Waals surface area contributed by atoms with E-state index in [1.165, 1.54) is 27.6 Å². The normalized spacial score (nSPS) is 16.8. The van der Waals surface area contributed by atoms with Crippen LogP contribution in [0.4, 0.5) is 5.82 Å². The predicted octanol–water partition coefficient (Wildman–Crippen LogP) is 1.02. The molecule has 0 unspecified atom stereocenters. The van der Waals surface area contributed by atoms with Gasteiger partial charge in [0, 0.05) is 37.9 Å². The Morgan fingerprint density at radius 1 is 1.26 bits per heavy atom. The average molecular weight is 419 g/mol. The van der Waals surface area contributed by atoms with E-state index in [9.17, 15) is 9.90 Å². The number of carbonyl (C=O) groups excluding carboxylic acids is 1. The summed E-state index contributed by atoms with van der Waals surface area (Å²) in [7, 11) is 2.13. The average Bonchev–Trinajstić information content (AvgIpc) is 3.21. The Kier molecular flexibility index (Phi) is 4.71. The molecule has 0 radical (unpaired) electrons. The maximum atomic E-state index is 12.5. The quantitative estimate of drug-likeness (QED) is 0.652. The van der Waals surface area contributed by atoms with Crippen molar-refractivity contribution in [1.82, 2.24) is 29.5 Å². The van der Waals surface area contributed by atoms with Crippen LogP contribution in [0.15, 0.2) is 30.7 Å². The number of carbonyl (C=O) groups is 1. The van der Waals surface area contributed by atoms with Crippen LogP contribution in [0.5, 0.6) is 0 Å². The van der Waals surface area contributed by atoms with E-state index < -0.39 is 6.10 Å². The first kappa shape index (κ1) is 19.7. The van der Waals surface area contributed by atoms with E-state index in [-0.39, 0.29) is 11.7 Å². The van der Waals surface area contributed by atoms with Gasteiger partial charge in [-0.25, -0.2) is 14.6 Å². The number of rotatable bonds is 3. The Hall–Kier alpha value is -3.30. The van der Waals surface area contributed by atoms with Crippen LogP contribution >= 0.6 is 0 Å². The molecule has 31 heavy (non-hydrogen) atoms. The second-order valence-electron chi connectivity index (χ2n) is 8.42. The van der Waals surface area contributed by atoms with Crippen molar-refractivity contribution >= 4 is 11.7 Å². The summed E-state index contributed by atoms with van der Waals surface area (Å²) in [6.45, 7) is 4.80. The number of amides is 1. The summed E-state index contributed by atoms with van der Waals surface area (Å²) < 4.78 is 1.48. The van der Waals surface area contributed by atoms with Gasteiger partial charge in [0.2, 0.25) is 0 Å². The van der Waals surface area contributed by atoms with E-state index in [1.807, 2.05) is 0 Å². The molecule has 1 aromatic carbocycles. The zero-order valence-electron chi connectivity index (χ0n) is 17.6. The molecule has 2 aliphatic heterocycles. The first-order valence-electron chi connectivity index (χ1n) is 10.4. The first-order chi connectivity index (χ1) is 14.9. The summed E-state index contributed by atoms with van der Waals surface area (Å²) in [5.41, 5.74) is 12.2. The molecule has 9 heteroatoms. The van der Waals surface area contributed by atoms with Gasteiger partial charge >= 0.3 is 0 Å². The number of anilines is 1. The van der Waals surface area contributed by atoms with Crippen LogP contribution in [0.3, 0.4) is 0 Å². The largest absolute Gasteiger partial charge is 0.389 e. The monoisotopic (exact) mass is 419 g/mol. The number of β-amino-alcohol motifs (C(OH)–C–C–N with tert-alkyl or cyclic N) is 1. The van der Waals surface area contributed by atoms with E-state index >= 15 is 0 Å². The number of nitrogens with zero attached hydrogens (tertiary/aromatic N) is 6. The fourth-order valence-corrected chi connectivity index (χ4v) is 4.26. The van der Waals surface area contributed by atoms with Crippen molar-refractivity contribution in [3.63, 3.8) is 0 Å². The van der Waals surface area contributed by atoms with Gasteiger partial charge < -0.3 is 20.6 Å². The van der Waals surface area contributed by atoms with E-state index in [1.54, 1.807) is 17.3 Å². The molecule has 9 nitrogen and oxygen atoms in total. The number of aromatic nitrogens is 4. The smallest absolute Gasteiger partial charge is 0.257 e. The Labute approximate surface area is 180 Å². The summed E-state index contributed by atoms with van der Waals surface area (Å²) in [4.78, 5) is 25.4. The molecule has 0 bridgehead atoms. The van der Waals surface area contributed by atoms with Crippen LogP contribution in [0.25, 0.3) is 17.1 Å². The molecule has 160 valence electrons. The van der Waals surface area contributed by atoms with Crippen molar-refractivity contribution in [3.05, 3.63) is 53.0 Å². The molecule has 2 aliphatic rings. The third-order valence-electron chi connectivity index (χ3n) is 6.02. The minimum atomic E-state index is -0.447. The number of aliphatic hydroxyl groups excluding tert-OH is 1. The molecule has 0 spiro atoms. The van der Waals surface area contributed by atoms with E-state index in [2.05, 4.69) is 41.1 Å². The first-order valence-corrected chi connectivity index (χ1v) is 10.4. The topological polar surface area (TPSA) is 113 Å². The van der Waals surface area contributed by atoms with Crippen molar-refractivity contribution in [3.8, 4) is 17.1 Å². The molecule has 1 saturated heterocycles. The van der Waals surface area contributed by atoms with Gasteiger partial charge in [0.25, 0.3) is 5.91 Å². The van der Waals surface area contributed by atoms with Crippen LogP contribution in [0, 0.1) is 6.92 Å². The van der Waals surface area contributed by atoms with Crippen LogP contribution in [0.2, 0.25) is 0 Å². The molecule has 1 amide bonds. The van der Waals surface area contributed by atoms with E-state index in [0.29, 0.717) is 30.2 Å². The van der Waals surface area contributed by atoms with Crippen LogP contribution in [-0.4, -0.2) is 73.3 Å². The number of nitrogens with two attached hydrogens (primary N) is 1. The molecular formula is C22H25N7O2. The highest BCUT2D eigenvalue weighted by Crippen LogP contribution is 2.29. The third-order valence-corrected chi connectivity index (χ3v) is 6.02. The van der Waals surface area contributed by atoms with Gasteiger partial charge in [-0.2, -0.15) is 5.10 Å². The van der Waals surface area contributed by atoms with Gasteiger partial charge in [-0.15, -0.1) is 0 Å². The minimum Gasteiger partial charge on any atom is -0.389 e. The van der Waals surface area contributed by atoms with Crippen LogP contribution in [0.1, 0.15) is 27.0 Å². The lowest BCUT2D eigenvalue weighted by molar-refractivity contribution is 0.00589. The molecule has 3 N–H and O–H groups in total. The number of hydrogen-bond acceptors (Lipinski definition) is 7. The summed E-state index contributed by atoms with van der Waals surface area (Å²) in [5, 5.41) is 13.7. The number of benzene rings is 1. The van der Waals surface area contributed by atoms with Crippen molar-refractivity contribution < 1.29 is 9.90 Å². The van der Waals surface area contributed by atoms with Crippen molar-refractivity contribution in [2.24, 2.45) is 0 Å². The highest BCUT2D eigenvalue weighted by atomic mass is 16.3. The molecule has 3 aromatic rings. The fraction of sp³-hybridized carbons (Fsp3) is 0.364. The lowest BCUT2D eigenvalue weighted by Gasteiger charge is -2.35. The van der Waals surface area contributed by atoms with Crippen molar-refractivity contribution in [2.75, 3.05) is 32.4 Å². The van der Waals surface area contributed by atoms with Crippen LogP contribution in [-0.2, 0) is 13.0 Å². The number of aryl methyl sites for hydroxylation is 1. The molecule has 0 aliphatic carbocycles. The lowest BCUT2D eigenvalue weighted by Crippen LogP contribution is -2.53. The summed E-state index contributed by atoms with van der Waals surface area (Å²) >= 11 is 0. The summed E-state index contributed by atoms with van der Waals surface area (Å²) in [6.07, 6.45) is 5.36. The van der Waals surface area contributed by atoms with Gasteiger partial charge in [0.05, 0.1) is 29.8 Å². The van der Waals surface area contributed by atoms with Crippen molar-refractivity contribution in [1.29, 1.82) is 0 Å². The van der Waals surface area contributed by atoms with Gasteiger partial charge in [0.1, 0.15) is 0 Å². The molecule has 4 heterocycles. The molecule has 2 aromatic heterocycles. The van der Waals surface area contributed by atoms with E-state index in [4.69, 9.17) is 10.7 Å². The Morgan fingerprint density at radius 3 is 2.84 bits per heavy atom. The second-order valence-corrected chi connectivity index (χ2v) is 8.42. The SMILES string of the molecule is Cc1cc(-c2cnc(N)c(-n3cc(C(=O)N4CC(O)C4)cn3)n2)cc2c1CCN(C)C2. The fourth-order valence-electron chi connectivity index (χ4n) is 4.26. The maximum absolute atomic E-state index is 12.5. The second kappa shape index (κ2) is 7.44. The van der Waals surface area contributed by atoms with Gasteiger partial charge in [-0.05, 0) is 49.2 Å². The number of aliphatic hydroxyl groups is 1. The third kappa shape index (κ3) is 3.55. The Morgan fingerprint density at radius 2 is 2.06 bits per heavy atom. The zero-order chi connectivity index (χ0) is 21.7. The molecule has 5 rings (SSSR count). The predicted molar refractivity (Wildman–Crippen MR) is 116 cm³/mol. The van der Waals surface area contributed by atoms with Crippen LogP contribution < -0.4 is 5.73 Å². The minimum absolute atomic E-state index is 0.173. The van der Waals surface area contributed by atoms with Crippen molar-refractivity contribution in [2.45, 2.75) is 26.0 Å². The number of likely N-dealkylation sites (N-methyl/N-ethyl adjacent to an activating group) is 1. The highest BCUT2D eigenvalue weighted by Gasteiger charge is 2.30.